The third-order valence-electron chi connectivity index (χ3n) is 2.90. The SMILES string of the molecule is CCc1ccc(COC(=S)c2ccc(O)cc2)cc1. The normalized spacial score (nSPS) is 10.2. The van der Waals surface area contributed by atoms with E-state index in [9.17, 15) is 5.11 Å². The second-order valence-electron chi connectivity index (χ2n) is 4.29. The van der Waals surface area contributed by atoms with Crippen LogP contribution in [0.3, 0.4) is 0 Å². The molecule has 0 aromatic heterocycles. The van der Waals surface area contributed by atoms with Crippen molar-refractivity contribution in [1.82, 2.24) is 0 Å². The largest absolute Gasteiger partial charge is 0.508 e. The molecular formula is C16H16O2S. The number of benzene rings is 2. The van der Waals surface area contributed by atoms with Crippen molar-refractivity contribution < 1.29 is 9.84 Å². The highest BCUT2D eigenvalue weighted by atomic mass is 32.1. The third kappa shape index (κ3) is 3.80. The predicted octanol–water partition coefficient (Wildman–Crippen LogP) is 3.85. The van der Waals surface area contributed by atoms with Crippen molar-refractivity contribution in [2.45, 2.75) is 20.0 Å². The van der Waals surface area contributed by atoms with Crippen molar-refractivity contribution >= 4 is 17.3 Å². The van der Waals surface area contributed by atoms with Crippen molar-refractivity contribution in [3.8, 4) is 5.75 Å². The summed E-state index contributed by atoms with van der Waals surface area (Å²) in [7, 11) is 0. The number of ether oxygens (including phenoxy) is 1. The van der Waals surface area contributed by atoms with Gasteiger partial charge in [0.15, 0.2) is 5.05 Å². The fourth-order valence-electron chi connectivity index (χ4n) is 1.70. The Labute approximate surface area is 118 Å². The standard InChI is InChI=1S/C16H16O2S/c1-2-12-3-5-13(6-4-12)11-18-16(19)14-7-9-15(17)10-8-14/h3-10,17H,2,11H2,1H3. The number of thiocarbonyl (C=S) groups is 1. The minimum atomic E-state index is 0.224. The van der Waals surface area contributed by atoms with Crippen LogP contribution in [-0.4, -0.2) is 10.2 Å². The average molecular weight is 272 g/mol. The van der Waals surface area contributed by atoms with Gasteiger partial charge in [-0.1, -0.05) is 31.2 Å². The molecule has 2 nitrogen and oxygen atoms in total. The van der Waals surface area contributed by atoms with Gasteiger partial charge in [-0.15, -0.1) is 0 Å². The van der Waals surface area contributed by atoms with E-state index in [4.69, 9.17) is 17.0 Å². The van der Waals surface area contributed by atoms with Crippen LogP contribution in [0.5, 0.6) is 5.75 Å². The van der Waals surface area contributed by atoms with E-state index in [1.54, 1.807) is 24.3 Å². The van der Waals surface area contributed by atoms with Crippen LogP contribution in [0.4, 0.5) is 0 Å². The van der Waals surface area contributed by atoms with E-state index in [1.165, 1.54) is 5.56 Å². The van der Waals surface area contributed by atoms with E-state index in [1.807, 2.05) is 0 Å². The fraction of sp³-hybridized carbons (Fsp3) is 0.188. The lowest BCUT2D eigenvalue weighted by molar-refractivity contribution is 0.302. The van der Waals surface area contributed by atoms with Crippen LogP contribution < -0.4 is 0 Å². The molecule has 0 unspecified atom stereocenters. The van der Waals surface area contributed by atoms with Gasteiger partial charge in [0.25, 0.3) is 0 Å². The maximum absolute atomic E-state index is 9.21. The van der Waals surface area contributed by atoms with E-state index in [2.05, 4.69) is 31.2 Å². The lowest BCUT2D eigenvalue weighted by Gasteiger charge is -2.08. The molecule has 3 heteroatoms. The van der Waals surface area contributed by atoms with Gasteiger partial charge in [0.1, 0.15) is 12.4 Å². The van der Waals surface area contributed by atoms with Crippen LogP contribution >= 0.6 is 12.2 Å². The molecule has 0 bridgehead atoms. The Balaban J connectivity index is 1.94. The molecule has 0 radical (unpaired) electrons. The molecule has 0 fully saturated rings. The lowest BCUT2D eigenvalue weighted by atomic mass is 10.1. The van der Waals surface area contributed by atoms with Gasteiger partial charge in [0.05, 0.1) is 0 Å². The summed E-state index contributed by atoms with van der Waals surface area (Å²) in [4.78, 5) is 0. The molecule has 1 N–H and O–H groups in total. The van der Waals surface area contributed by atoms with Gasteiger partial charge < -0.3 is 9.84 Å². The Bertz CT molecular complexity index is 544. The average Bonchev–Trinajstić information content (AvgIpc) is 2.46. The number of phenolic OH excluding ortho intramolecular Hbond substituents is 1. The summed E-state index contributed by atoms with van der Waals surface area (Å²) < 4.78 is 5.58. The highest BCUT2D eigenvalue weighted by Crippen LogP contribution is 2.13. The monoisotopic (exact) mass is 272 g/mol. The smallest absolute Gasteiger partial charge is 0.191 e. The summed E-state index contributed by atoms with van der Waals surface area (Å²) in [6.45, 7) is 2.59. The van der Waals surface area contributed by atoms with Gasteiger partial charge in [-0.05, 0) is 54.0 Å². The molecule has 0 spiro atoms. The number of hydrogen-bond acceptors (Lipinski definition) is 3. The highest BCUT2D eigenvalue weighted by molar-refractivity contribution is 7.80. The first-order valence-electron chi connectivity index (χ1n) is 6.23. The highest BCUT2D eigenvalue weighted by Gasteiger charge is 2.03. The third-order valence-corrected chi connectivity index (χ3v) is 3.26. The van der Waals surface area contributed by atoms with Crippen LogP contribution in [0.15, 0.2) is 48.5 Å². The topological polar surface area (TPSA) is 29.5 Å². The maximum atomic E-state index is 9.21. The van der Waals surface area contributed by atoms with Crippen molar-refractivity contribution in [2.24, 2.45) is 0 Å². The zero-order chi connectivity index (χ0) is 13.7. The Hall–Kier alpha value is -1.87. The molecule has 2 rings (SSSR count). The molecule has 0 saturated carbocycles. The van der Waals surface area contributed by atoms with Gasteiger partial charge in [0.2, 0.25) is 0 Å². The summed E-state index contributed by atoms with van der Waals surface area (Å²) in [5.41, 5.74) is 3.21. The van der Waals surface area contributed by atoms with Gasteiger partial charge in [-0.25, -0.2) is 0 Å². The van der Waals surface area contributed by atoms with Crippen molar-refractivity contribution in [3.05, 3.63) is 65.2 Å². The first-order chi connectivity index (χ1) is 9.19. The number of aryl methyl sites for hydroxylation is 1. The molecule has 0 saturated heterocycles. The zero-order valence-corrected chi connectivity index (χ0v) is 11.6. The first-order valence-corrected chi connectivity index (χ1v) is 6.64. The van der Waals surface area contributed by atoms with Crippen molar-refractivity contribution in [3.63, 3.8) is 0 Å². The van der Waals surface area contributed by atoms with E-state index >= 15 is 0 Å². The van der Waals surface area contributed by atoms with E-state index < -0.39 is 0 Å². The minimum Gasteiger partial charge on any atom is -0.508 e. The molecular weight excluding hydrogens is 256 g/mol. The van der Waals surface area contributed by atoms with E-state index in [0.717, 1.165) is 17.5 Å². The second kappa shape index (κ2) is 6.34. The van der Waals surface area contributed by atoms with Crippen LogP contribution in [0, 0.1) is 0 Å². The van der Waals surface area contributed by atoms with Gasteiger partial charge in [-0.2, -0.15) is 0 Å². The van der Waals surface area contributed by atoms with Crippen LogP contribution in [0.2, 0.25) is 0 Å². The molecule has 2 aromatic carbocycles. The molecule has 19 heavy (non-hydrogen) atoms. The van der Waals surface area contributed by atoms with Crippen molar-refractivity contribution in [2.75, 3.05) is 0 Å². The summed E-state index contributed by atoms with van der Waals surface area (Å²) in [6, 6.07) is 15.0. The second-order valence-corrected chi connectivity index (χ2v) is 4.66. The molecule has 0 aliphatic heterocycles. The molecule has 0 aliphatic rings. The zero-order valence-electron chi connectivity index (χ0n) is 10.8. The van der Waals surface area contributed by atoms with Crippen LogP contribution in [0.25, 0.3) is 0 Å². The predicted molar refractivity (Wildman–Crippen MR) is 80.4 cm³/mol. The van der Waals surface area contributed by atoms with E-state index in [-0.39, 0.29) is 5.75 Å². The summed E-state index contributed by atoms with van der Waals surface area (Å²) in [5, 5.41) is 9.66. The van der Waals surface area contributed by atoms with Crippen LogP contribution in [-0.2, 0) is 17.8 Å². The Morgan fingerprint density at radius 3 is 2.16 bits per heavy atom. The molecule has 0 heterocycles. The quantitative estimate of drug-likeness (QED) is 0.857. The Morgan fingerprint density at radius 2 is 1.58 bits per heavy atom. The molecule has 0 aliphatic carbocycles. The molecule has 2 aromatic rings. The first kappa shape index (κ1) is 13.6. The maximum Gasteiger partial charge on any atom is 0.191 e. The van der Waals surface area contributed by atoms with Gasteiger partial charge in [-0.3, -0.25) is 0 Å². The van der Waals surface area contributed by atoms with Crippen LogP contribution in [0.1, 0.15) is 23.6 Å². The molecule has 98 valence electrons. The molecule has 0 atom stereocenters. The minimum absolute atomic E-state index is 0.224. The van der Waals surface area contributed by atoms with Gasteiger partial charge in [0, 0.05) is 5.56 Å². The number of hydrogen-bond donors (Lipinski definition) is 1. The fourth-order valence-corrected chi connectivity index (χ4v) is 1.90. The van der Waals surface area contributed by atoms with Crippen molar-refractivity contribution in [1.29, 1.82) is 0 Å². The lowest BCUT2D eigenvalue weighted by Crippen LogP contribution is -2.03. The summed E-state index contributed by atoms with van der Waals surface area (Å²) in [6.07, 6.45) is 1.03. The summed E-state index contributed by atoms with van der Waals surface area (Å²) >= 11 is 5.21. The Kier molecular flexibility index (Phi) is 4.53. The molecule has 0 amide bonds. The van der Waals surface area contributed by atoms with E-state index in [0.29, 0.717) is 11.7 Å². The number of phenols is 1. The Morgan fingerprint density at radius 1 is 1.00 bits per heavy atom. The number of aromatic hydroxyl groups is 1. The number of rotatable bonds is 4. The van der Waals surface area contributed by atoms with Gasteiger partial charge >= 0.3 is 0 Å². The summed E-state index contributed by atoms with van der Waals surface area (Å²) in [5.74, 6) is 0.224.